The number of alkyl halides is 1. The molecule has 48 valence electrons. The van der Waals surface area contributed by atoms with Crippen LogP contribution in [0.2, 0.25) is 0 Å². The first kappa shape index (κ1) is 6.48. The molecule has 0 saturated carbocycles. The van der Waals surface area contributed by atoms with Crippen LogP contribution in [-0.2, 0) is 0 Å². The minimum absolute atomic E-state index is 0.450. The molecular formula is C4H9BrN2O. The number of aliphatic hydroxyl groups is 1. The van der Waals surface area contributed by atoms with E-state index in [-0.39, 0.29) is 0 Å². The van der Waals surface area contributed by atoms with Crippen LogP contribution in [0, 0.1) is 0 Å². The van der Waals surface area contributed by atoms with Crippen LogP contribution in [0.25, 0.3) is 0 Å². The Bertz CT molecular complexity index is 62.4. The van der Waals surface area contributed by atoms with Crippen molar-refractivity contribution in [1.29, 1.82) is 0 Å². The molecule has 0 bridgehead atoms. The van der Waals surface area contributed by atoms with Crippen molar-refractivity contribution in [2.45, 2.75) is 11.2 Å². The first-order valence-electron chi connectivity index (χ1n) is 2.58. The van der Waals surface area contributed by atoms with Crippen LogP contribution in [0.5, 0.6) is 0 Å². The lowest BCUT2D eigenvalue weighted by molar-refractivity contribution is 0.0877. The van der Waals surface area contributed by atoms with Gasteiger partial charge in [0, 0.05) is 17.9 Å². The van der Waals surface area contributed by atoms with Gasteiger partial charge in [-0.3, -0.25) is 10.6 Å². The van der Waals surface area contributed by atoms with Crippen LogP contribution in [0.4, 0.5) is 0 Å². The molecule has 8 heavy (non-hydrogen) atoms. The summed E-state index contributed by atoms with van der Waals surface area (Å²) in [4.78, 5) is 0.450. The lowest BCUT2D eigenvalue weighted by atomic mass is 10.4. The van der Waals surface area contributed by atoms with Gasteiger partial charge >= 0.3 is 0 Å². The fraction of sp³-hybridized carbons (Fsp3) is 1.00. The molecule has 0 aromatic rings. The second-order valence-electron chi connectivity index (χ2n) is 1.82. The van der Waals surface area contributed by atoms with E-state index in [1.54, 1.807) is 0 Å². The van der Waals surface area contributed by atoms with Gasteiger partial charge in [0.05, 0.1) is 0 Å². The van der Waals surface area contributed by atoms with Crippen LogP contribution in [0.3, 0.4) is 0 Å². The Labute approximate surface area is 56.6 Å². The summed E-state index contributed by atoms with van der Waals surface area (Å²) in [5, 5.41) is 14.4. The zero-order valence-electron chi connectivity index (χ0n) is 4.39. The predicted molar refractivity (Wildman–Crippen MR) is 34.7 cm³/mol. The molecular weight excluding hydrogens is 172 g/mol. The molecule has 1 saturated heterocycles. The molecule has 0 aromatic carbocycles. The zero-order chi connectivity index (χ0) is 5.98. The third kappa shape index (κ3) is 1.70. The quantitative estimate of drug-likeness (QED) is 0.429. The molecule has 0 amide bonds. The van der Waals surface area contributed by atoms with Crippen molar-refractivity contribution in [3.05, 3.63) is 0 Å². The van der Waals surface area contributed by atoms with Gasteiger partial charge in [-0.1, -0.05) is 15.9 Å². The molecule has 1 heterocycles. The summed E-state index contributed by atoms with van der Waals surface area (Å²) in [5.41, 5.74) is 0. The average molecular weight is 181 g/mol. The van der Waals surface area contributed by atoms with E-state index >= 15 is 0 Å². The number of halogens is 1. The molecule has 0 aromatic heterocycles. The minimum atomic E-state index is -0.510. The predicted octanol–water partition coefficient (Wildman–Crippen LogP) is -0.781. The van der Waals surface area contributed by atoms with Gasteiger partial charge in [0.1, 0.15) is 0 Å². The standard InChI is InChI=1S/C4H9BrN2O/c5-3-1-6-4(8)7-2-3/h3-4,6-8H,1-2H2. The van der Waals surface area contributed by atoms with Gasteiger partial charge in [-0.05, 0) is 0 Å². The van der Waals surface area contributed by atoms with Gasteiger partial charge in [-0.25, -0.2) is 0 Å². The molecule has 4 heteroatoms. The molecule has 1 fully saturated rings. The molecule has 0 radical (unpaired) electrons. The van der Waals surface area contributed by atoms with E-state index in [0.717, 1.165) is 13.1 Å². The fourth-order valence-electron chi connectivity index (χ4n) is 0.623. The third-order valence-electron chi connectivity index (χ3n) is 1.07. The van der Waals surface area contributed by atoms with E-state index in [1.165, 1.54) is 0 Å². The van der Waals surface area contributed by atoms with E-state index in [4.69, 9.17) is 5.11 Å². The Balaban J connectivity index is 2.19. The average Bonchev–Trinajstić information content (AvgIpc) is 1.77. The van der Waals surface area contributed by atoms with Gasteiger partial charge in [-0.2, -0.15) is 0 Å². The van der Waals surface area contributed by atoms with Gasteiger partial charge in [0.25, 0.3) is 0 Å². The van der Waals surface area contributed by atoms with Crippen molar-refractivity contribution < 1.29 is 5.11 Å². The molecule has 1 aliphatic heterocycles. The Morgan fingerprint density at radius 1 is 1.38 bits per heavy atom. The van der Waals surface area contributed by atoms with Gasteiger partial charge in [-0.15, -0.1) is 0 Å². The summed E-state index contributed by atoms with van der Waals surface area (Å²) >= 11 is 3.38. The number of aliphatic hydroxyl groups excluding tert-OH is 1. The van der Waals surface area contributed by atoms with Crippen molar-refractivity contribution in [2.75, 3.05) is 13.1 Å². The smallest absolute Gasteiger partial charge is 0.160 e. The van der Waals surface area contributed by atoms with Crippen molar-refractivity contribution in [2.24, 2.45) is 0 Å². The summed E-state index contributed by atoms with van der Waals surface area (Å²) in [6.07, 6.45) is -0.510. The largest absolute Gasteiger partial charge is 0.365 e. The molecule has 0 unspecified atom stereocenters. The van der Waals surface area contributed by atoms with E-state index in [0.29, 0.717) is 4.83 Å². The first-order chi connectivity index (χ1) is 3.79. The Morgan fingerprint density at radius 3 is 2.25 bits per heavy atom. The normalized spacial score (nSPS) is 39.8. The monoisotopic (exact) mass is 180 g/mol. The summed E-state index contributed by atoms with van der Waals surface area (Å²) in [7, 11) is 0. The highest BCUT2D eigenvalue weighted by Crippen LogP contribution is 1.98. The lowest BCUT2D eigenvalue weighted by Crippen LogP contribution is -2.52. The SMILES string of the molecule is OC1NCC(Br)CN1. The van der Waals surface area contributed by atoms with Crippen molar-refractivity contribution in [3.63, 3.8) is 0 Å². The summed E-state index contributed by atoms with van der Waals surface area (Å²) < 4.78 is 0. The molecule has 1 aliphatic rings. The van der Waals surface area contributed by atoms with E-state index in [1.807, 2.05) is 0 Å². The Kier molecular flexibility index (Phi) is 2.25. The summed E-state index contributed by atoms with van der Waals surface area (Å²) in [6.45, 7) is 1.66. The van der Waals surface area contributed by atoms with Gasteiger partial charge in [0.15, 0.2) is 6.35 Å². The Morgan fingerprint density at radius 2 is 1.88 bits per heavy atom. The maximum Gasteiger partial charge on any atom is 0.160 e. The number of rotatable bonds is 0. The van der Waals surface area contributed by atoms with Crippen LogP contribution >= 0.6 is 15.9 Å². The fourth-order valence-corrected chi connectivity index (χ4v) is 0.997. The molecule has 0 atom stereocenters. The van der Waals surface area contributed by atoms with Crippen LogP contribution in [0.15, 0.2) is 0 Å². The topological polar surface area (TPSA) is 44.3 Å². The summed E-state index contributed by atoms with van der Waals surface area (Å²) in [6, 6.07) is 0. The first-order valence-corrected chi connectivity index (χ1v) is 3.49. The third-order valence-corrected chi connectivity index (χ3v) is 1.71. The van der Waals surface area contributed by atoms with Crippen LogP contribution in [0.1, 0.15) is 0 Å². The molecule has 3 nitrogen and oxygen atoms in total. The van der Waals surface area contributed by atoms with E-state index < -0.39 is 6.35 Å². The molecule has 0 spiro atoms. The summed E-state index contributed by atoms with van der Waals surface area (Å²) in [5.74, 6) is 0. The van der Waals surface area contributed by atoms with Crippen molar-refractivity contribution >= 4 is 15.9 Å². The van der Waals surface area contributed by atoms with Crippen molar-refractivity contribution in [3.8, 4) is 0 Å². The van der Waals surface area contributed by atoms with Gasteiger partial charge < -0.3 is 5.11 Å². The highest BCUT2D eigenvalue weighted by atomic mass is 79.9. The molecule has 3 N–H and O–H groups in total. The minimum Gasteiger partial charge on any atom is -0.365 e. The lowest BCUT2D eigenvalue weighted by Gasteiger charge is -2.23. The molecule has 1 rings (SSSR count). The van der Waals surface area contributed by atoms with Crippen LogP contribution < -0.4 is 10.6 Å². The number of nitrogens with one attached hydrogen (secondary N) is 2. The number of hydrogen-bond donors (Lipinski definition) is 3. The maximum absolute atomic E-state index is 8.78. The Hall–Kier alpha value is 0.360. The highest BCUT2D eigenvalue weighted by molar-refractivity contribution is 9.09. The van der Waals surface area contributed by atoms with E-state index in [9.17, 15) is 0 Å². The van der Waals surface area contributed by atoms with Crippen molar-refractivity contribution in [1.82, 2.24) is 10.6 Å². The second kappa shape index (κ2) is 2.77. The maximum atomic E-state index is 8.78. The number of hydrogen-bond acceptors (Lipinski definition) is 3. The highest BCUT2D eigenvalue weighted by Gasteiger charge is 2.13. The van der Waals surface area contributed by atoms with Crippen LogP contribution in [-0.4, -0.2) is 29.4 Å². The zero-order valence-corrected chi connectivity index (χ0v) is 5.98. The van der Waals surface area contributed by atoms with E-state index in [2.05, 4.69) is 26.6 Å². The van der Waals surface area contributed by atoms with Gasteiger partial charge in [0.2, 0.25) is 0 Å². The second-order valence-corrected chi connectivity index (χ2v) is 3.11. The molecule has 0 aliphatic carbocycles.